The number of ether oxygens (including phenoxy) is 1. The predicted octanol–water partition coefficient (Wildman–Crippen LogP) is 1.18. The summed E-state index contributed by atoms with van der Waals surface area (Å²) in [4.78, 5) is 21.6. The molecule has 0 heterocycles. The van der Waals surface area contributed by atoms with Crippen LogP contribution in [0, 0.1) is 0 Å². The first-order valence-corrected chi connectivity index (χ1v) is 5.71. The summed E-state index contributed by atoms with van der Waals surface area (Å²) in [7, 11) is 0. The molecule has 0 bridgehead atoms. The highest BCUT2D eigenvalue weighted by Gasteiger charge is 2.17. The van der Waals surface area contributed by atoms with Crippen molar-refractivity contribution in [3.05, 3.63) is 35.9 Å². The monoisotopic (exact) mass is 251 g/mol. The van der Waals surface area contributed by atoms with Crippen molar-refractivity contribution >= 4 is 11.9 Å². The Morgan fingerprint density at radius 2 is 2.00 bits per heavy atom. The number of hydrogen-bond acceptors (Lipinski definition) is 3. The molecule has 0 aliphatic heterocycles. The van der Waals surface area contributed by atoms with E-state index in [9.17, 15) is 9.59 Å². The Morgan fingerprint density at radius 1 is 1.33 bits per heavy atom. The molecule has 0 fully saturated rings. The van der Waals surface area contributed by atoms with Gasteiger partial charge in [0.2, 0.25) is 5.91 Å². The van der Waals surface area contributed by atoms with E-state index in [2.05, 4.69) is 5.32 Å². The second-order valence-electron chi connectivity index (χ2n) is 3.92. The first-order chi connectivity index (χ1) is 8.59. The van der Waals surface area contributed by atoms with E-state index in [0.717, 1.165) is 5.56 Å². The average Bonchev–Trinajstić information content (AvgIpc) is 2.33. The van der Waals surface area contributed by atoms with Crippen LogP contribution >= 0.6 is 0 Å². The topological polar surface area (TPSA) is 75.6 Å². The summed E-state index contributed by atoms with van der Waals surface area (Å²) in [6, 6.07) is 8.72. The van der Waals surface area contributed by atoms with Crippen molar-refractivity contribution in [2.24, 2.45) is 0 Å². The van der Waals surface area contributed by atoms with Gasteiger partial charge in [0, 0.05) is 20.0 Å². The lowest BCUT2D eigenvalue weighted by Gasteiger charge is -2.13. The third kappa shape index (κ3) is 5.45. The lowest BCUT2D eigenvalue weighted by Crippen LogP contribution is -2.40. The maximum atomic E-state index is 10.8. The third-order valence-electron chi connectivity index (χ3n) is 2.34. The van der Waals surface area contributed by atoms with Crippen molar-refractivity contribution in [1.82, 2.24) is 5.32 Å². The lowest BCUT2D eigenvalue weighted by atomic mass is 10.2. The quantitative estimate of drug-likeness (QED) is 0.713. The van der Waals surface area contributed by atoms with Gasteiger partial charge < -0.3 is 15.2 Å². The van der Waals surface area contributed by atoms with Crippen LogP contribution in [-0.2, 0) is 20.9 Å². The van der Waals surface area contributed by atoms with Gasteiger partial charge in [-0.3, -0.25) is 4.79 Å². The molecular formula is C13H17NO4. The van der Waals surface area contributed by atoms with Gasteiger partial charge in [0.1, 0.15) is 6.04 Å². The molecule has 2 N–H and O–H groups in total. The minimum atomic E-state index is -1.05. The average molecular weight is 251 g/mol. The Hall–Kier alpha value is -1.88. The molecular weight excluding hydrogens is 234 g/mol. The first-order valence-electron chi connectivity index (χ1n) is 5.71. The van der Waals surface area contributed by atoms with Crippen molar-refractivity contribution in [1.29, 1.82) is 0 Å². The number of benzene rings is 1. The summed E-state index contributed by atoms with van der Waals surface area (Å²) >= 11 is 0. The number of aliphatic carboxylic acids is 1. The van der Waals surface area contributed by atoms with Crippen LogP contribution in [0.5, 0.6) is 0 Å². The Morgan fingerprint density at radius 3 is 2.56 bits per heavy atom. The van der Waals surface area contributed by atoms with Crippen molar-refractivity contribution in [2.75, 3.05) is 6.61 Å². The molecule has 5 nitrogen and oxygen atoms in total. The Labute approximate surface area is 106 Å². The van der Waals surface area contributed by atoms with Crippen LogP contribution in [0.3, 0.4) is 0 Å². The van der Waals surface area contributed by atoms with Gasteiger partial charge in [-0.1, -0.05) is 30.3 Å². The number of carbonyl (C=O) groups excluding carboxylic acids is 1. The maximum absolute atomic E-state index is 10.8. The van der Waals surface area contributed by atoms with Gasteiger partial charge in [0.05, 0.1) is 6.61 Å². The summed E-state index contributed by atoms with van der Waals surface area (Å²) in [6.45, 7) is 2.01. The normalized spacial score (nSPS) is 11.8. The van der Waals surface area contributed by atoms with Gasteiger partial charge in [-0.2, -0.15) is 0 Å². The fraction of sp³-hybridized carbons (Fsp3) is 0.385. The molecule has 5 heteroatoms. The zero-order valence-electron chi connectivity index (χ0n) is 10.3. The highest BCUT2D eigenvalue weighted by molar-refractivity contribution is 5.81. The largest absolute Gasteiger partial charge is 0.480 e. The van der Waals surface area contributed by atoms with Crippen LogP contribution in [0.25, 0.3) is 0 Å². The number of nitrogens with one attached hydrogen (secondary N) is 1. The second kappa shape index (κ2) is 7.45. The van der Waals surface area contributed by atoms with E-state index in [1.807, 2.05) is 30.3 Å². The molecule has 1 amide bonds. The van der Waals surface area contributed by atoms with E-state index in [1.54, 1.807) is 0 Å². The Kier molecular flexibility index (Phi) is 5.87. The van der Waals surface area contributed by atoms with Gasteiger partial charge in [-0.15, -0.1) is 0 Å². The number of carboxylic acids is 1. The fourth-order valence-corrected chi connectivity index (χ4v) is 1.47. The minimum Gasteiger partial charge on any atom is -0.480 e. The molecule has 0 saturated carbocycles. The standard InChI is InChI=1S/C13H17NO4/c1-10(15)14-12(13(16)17)7-8-18-9-11-5-3-2-4-6-11/h2-6,12H,7-9H2,1H3,(H,14,15)(H,16,17)/t12-/m1/s1. The zero-order valence-corrected chi connectivity index (χ0v) is 10.3. The summed E-state index contributed by atoms with van der Waals surface area (Å²) in [5.41, 5.74) is 1.03. The molecule has 1 aromatic rings. The molecule has 0 radical (unpaired) electrons. The molecule has 0 aromatic heterocycles. The first kappa shape index (κ1) is 14.2. The molecule has 0 aliphatic rings. The SMILES string of the molecule is CC(=O)N[C@H](CCOCc1ccccc1)C(=O)O. The number of rotatable bonds is 7. The van der Waals surface area contributed by atoms with E-state index in [-0.39, 0.29) is 18.9 Å². The van der Waals surface area contributed by atoms with E-state index in [4.69, 9.17) is 9.84 Å². The summed E-state index contributed by atoms with van der Waals surface area (Å²) < 4.78 is 5.37. The molecule has 98 valence electrons. The molecule has 0 saturated heterocycles. The van der Waals surface area contributed by atoms with E-state index in [0.29, 0.717) is 6.61 Å². The smallest absolute Gasteiger partial charge is 0.326 e. The summed E-state index contributed by atoms with van der Waals surface area (Å²) in [5.74, 6) is -1.40. The van der Waals surface area contributed by atoms with E-state index in [1.165, 1.54) is 6.92 Å². The zero-order chi connectivity index (χ0) is 13.4. The lowest BCUT2D eigenvalue weighted by molar-refractivity contribution is -0.142. The van der Waals surface area contributed by atoms with Crippen LogP contribution in [0.2, 0.25) is 0 Å². The van der Waals surface area contributed by atoms with E-state index < -0.39 is 12.0 Å². The predicted molar refractivity (Wildman–Crippen MR) is 66.0 cm³/mol. The fourth-order valence-electron chi connectivity index (χ4n) is 1.47. The Balaban J connectivity index is 2.27. The van der Waals surface area contributed by atoms with Crippen molar-refractivity contribution < 1.29 is 19.4 Å². The van der Waals surface area contributed by atoms with Gasteiger partial charge in [0.15, 0.2) is 0 Å². The van der Waals surface area contributed by atoms with Crippen molar-refractivity contribution in [2.45, 2.75) is 26.0 Å². The highest BCUT2D eigenvalue weighted by atomic mass is 16.5. The molecule has 1 atom stereocenters. The molecule has 18 heavy (non-hydrogen) atoms. The van der Waals surface area contributed by atoms with Crippen LogP contribution in [0.1, 0.15) is 18.9 Å². The van der Waals surface area contributed by atoms with Crippen LogP contribution in [-0.4, -0.2) is 29.6 Å². The van der Waals surface area contributed by atoms with Gasteiger partial charge >= 0.3 is 5.97 Å². The summed E-state index contributed by atoms with van der Waals surface area (Å²) in [6.07, 6.45) is 0.252. The van der Waals surface area contributed by atoms with Crippen LogP contribution in [0.15, 0.2) is 30.3 Å². The summed E-state index contributed by atoms with van der Waals surface area (Å²) in [5, 5.41) is 11.2. The minimum absolute atomic E-state index is 0.252. The number of carbonyl (C=O) groups is 2. The highest BCUT2D eigenvalue weighted by Crippen LogP contribution is 2.02. The van der Waals surface area contributed by atoms with Crippen LogP contribution < -0.4 is 5.32 Å². The second-order valence-corrected chi connectivity index (χ2v) is 3.92. The van der Waals surface area contributed by atoms with Crippen LogP contribution in [0.4, 0.5) is 0 Å². The molecule has 0 aliphatic carbocycles. The van der Waals surface area contributed by atoms with Gasteiger partial charge in [-0.05, 0) is 5.56 Å². The number of carboxylic acid groups (broad SMARTS) is 1. The Bertz CT molecular complexity index is 391. The number of hydrogen-bond donors (Lipinski definition) is 2. The van der Waals surface area contributed by atoms with Gasteiger partial charge in [-0.25, -0.2) is 4.79 Å². The molecule has 1 aromatic carbocycles. The van der Waals surface area contributed by atoms with Gasteiger partial charge in [0.25, 0.3) is 0 Å². The number of amides is 1. The third-order valence-corrected chi connectivity index (χ3v) is 2.34. The van der Waals surface area contributed by atoms with Crippen molar-refractivity contribution in [3.8, 4) is 0 Å². The van der Waals surface area contributed by atoms with E-state index >= 15 is 0 Å². The molecule has 1 rings (SSSR count). The van der Waals surface area contributed by atoms with Crippen molar-refractivity contribution in [3.63, 3.8) is 0 Å². The molecule has 0 unspecified atom stereocenters. The maximum Gasteiger partial charge on any atom is 0.326 e. The molecule has 0 spiro atoms.